The molecule has 2 aliphatic rings. The number of amides is 1. The summed E-state index contributed by atoms with van der Waals surface area (Å²) in [5.74, 6) is -0.119. The number of ketones is 1. The second-order valence-electron chi connectivity index (χ2n) is 7.77. The average molecular weight is 398 g/mol. The summed E-state index contributed by atoms with van der Waals surface area (Å²) in [6.45, 7) is 4.11. The molecule has 0 radical (unpaired) electrons. The molecule has 3 N–H and O–H groups in total. The first-order valence-electron chi connectivity index (χ1n) is 8.98. The molecule has 0 spiro atoms. The molecule has 0 saturated heterocycles. The van der Waals surface area contributed by atoms with E-state index in [2.05, 4.69) is 25.2 Å². The number of carbonyl (C=O) groups excluding carboxylic acids is 2. The molecule has 1 amide bonds. The van der Waals surface area contributed by atoms with Gasteiger partial charge < -0.3 is 15.8 Å². The Kier molecular flexibility index (Phi) is 5.52. The molecule has 6 nitrogen and oxygen atoms in total. The number of nitriles is 1. The number of carbonyl (C=O) groups is 2. The van der Waals surface area contributed by atoms with Gasteiger partial charge in [0.2, 0.25) is 5.91 Å². The fourth-order valence-corrected chi connectivity index (χ4v) is 4.56. The summed E-state index contributed by atoms with van der Waals surface area (Å²) in [5.41, 5.74) is 7.88. The van der Waals surface area contributed by atoms with Crippen LogP contribution in [0.5, 0.6) is 5.75 Å². The van der Waals surface area contributed by atoms with Crippen LogP contribution in [0.4, 0.5) is 0 Å². The fraction of sp³-hybridized carbons (Fsp3) is 0.381. The highest BCUT2D eigenvalue weighted by atomic mass is 32.2. The molecule has 7 heteroatoms. The number of nitrogens with zero attached hydrogens (tertiary/aromatic N) is 1. The zero-order valence-electron chi connectivity index (χ0n) is 16.2. The van der Waals surface area contributed by atoms with E-state index in [1.165, 1.54) is 11.8 Å². The van der Waals surface area contributed by atoms with Crippen molar-refractivity contribution in [3.05, 3.63) is 51.7 Å². The predicted molar refractivity (Wildman–Crippen MR) is 108 cm³/mol. The first-order chi connectivity index (χ1) is 13.3. The smallest absolute Gasteiger partial charge is 0.227 e. The van der Waals surface area contributed by atoms with Crippen molar-refractivity contribution in [1.82, 2.24) is 5.32 Å². The number of ether oxygens (including phenoxy) is 1. The number of benzene rings is 1. The fourth-order valence-electron chi connectivity index (χ4n) is 3.76. The van der Waals surface area contributed by atoms with Gasteiger partial charge in [0.1, 0.15) is 5.75 Å². The van der Waals surface area contributed by atoms with E-state index in [4.69, 9.17) is 10.5 Å². The molecule has 1 aromatic rings. The van der Waals surface area contributed by atoms with Gasteiger partial charge in [-0.05, 0) is 29.5 Å². The third kappa shape index (κ3) is 3.92. The van der Waals surface area contributed by atoms with Crippen molar-refractivity contribution in [3.63, 3.8) is 0 Å². The Balaban J connectivity index is 2.13. The molecule has 3 rings (SSSR count). The van der Waals surface area contributed by atoms with Crippen molar-refractivity contribution < 1.29 is 14.3 Å². The Morgan fingerprint density at radius 1 is 1.36 bits per heavy atom. The molecule has 1 aromatic carbocycles. The molecule has 28 heavy (non-hydrogen) atoms. The molecule has 1 atom stereocenters. The molecule has 0 aromatic heterocycles. The quantitative estimate of drug-likeness (QED) is 0.791. The van der Waals surface area contributed by atoms with Crippen molar-refractivity contribution in [2.75, 3.05) is 12.9 Å². The number of hydrogen-bond acceptors (Lipinski definition) is 6. The Bertz CT molecular complexity index is 923. The number of Topliss-reactive ketones (excluding diaryl/α,β-unsaturated/α-hetero) is 1. The lowest BCUT2D eigenvalue weighted by Crippen LogP contribution is -2.37. The summed E-state index contributed by atoms with van der Waals surface area (Å²) < 4.78 is 5.23. The molecule has 1 aliphatic heterocycles. The number of primary amides is 1. The molecule has 1 unspecified atom stereocenters. The van der Waals surface area contributed by atoms with Gasteiger partial charge in [-0.1, -0.05) is 37.7 Å². The lowest BCUT2D eigenvalue weighted by molar-refractivity contribution is -0.118. The molecule has 146 valence electrons. The van der Waals surface area contributed by atoms with Crippen LogP contribution in [0.3, 0.4) is 0 Å². The Morgan fingerprint density at radius 2 is 2.04 bits per heavy atom. The molecule has 1 heterocycles. The number of allylic oxidation sites excluding steroid dienone is 3. The lowest BCUT2D eigenvalue weighted by atomic mass is 9.69. The van der Waals surface area contributed by atoms with Crippen molar-refractivity contribution in [2.45, 2.75) is 32.6 Å². The van der Waals surface area contributed by atoms with Crippen LogP contribution < -0.4 is 15.8 Å². The van der Waals surface area contributed by atoms with E-state index in [0.29, 0.717) is 34.8 Å². The Morgan fingerprint density at radius 3 is 2.61 bits per heavy atom. The summed E-state index contributed by atoms with van der Waals surface area (Å²) in [7, 11) is 1.59. The van der Waals surface area contributed by atoms with Crippen molar-refractivity contribution in [1.29, 1.82) is 5.26 Å². The second kappa shape index (κ2) is 7.72. The average Bonchev–Trinajstić information content (AvgIpc) is 2.64. The SMILES string of the molecule is COc1ccc(C2C(C#N)=C(SCC(N)=O)NC3=C2C(=O)CC(C)(C)C3)cc1. The second-order valence-corrected chi connectivity index (χ2v) is 8.76. The first kappa shape index (κ1) is 20.0. The van der Waals surface area contributed by atoms with Gasteiger partial charge in [-0.3, -0.25) is 9.59 Å². The third-order valence-corrected chi connectivity index (χ3v) is 5.97. The minimum Gasteiger partial charge on any atom is -0.497 e. The van der Waals surface area contributed by atoms with E-state index in [1.807, 2.05) is 24.3 Å². The van der Waals surface area contributed by atoms with Gasteiger partial charge in [0.05, 0.1) is 35.5 Å². The predicted octanol–water partition coefficient (Wildman–Crippen LogP) is 2.98. The maximum atomic E-state index is 13.0. The zero-order valence-corrected chi connectivity index (χ0v) is 17.0. The maximum Gasteiger partial charge on any atom is 0.227 e. The largest absolute Gasteiger partial charge is 0.497 e. The lowest BCUT2D eigenvalue weighted by Gasteiger charge is -2.39. The normalized spacial score (nSPS) is 20.9. The van der Waals surface area contributed by atoms with Crippen molar-refractivity contribution in [2.24, 2.45) is 11.1 Å². The summed E-state index contributed by atoms with van der Waals surface area (Å²) in [6.07, 6.45) is 1.13. The van der Waals surface area contributed by atoms with Gasteiger partial charge >= 0.3 is 0 Å². The van der Waals surface area contributed by atoms with Gasteiger partial charge in [-0.15, -0.1) is 0 Å². The van der Waals surface area contributed by atoms with Crippen LogP contribution in [-0.2, 0) is 9.59 Å². The maximum absolute atomic E-state index is 13.0. The number of methoxy groups -OCH3 is 1. The highest BCUT2D eigenvalue weighted by Gasteiger charge is 2.41. The van der Waals surface area contributed by atoms with Crippen molar-refractivity contribution in [3.8, 4) is 11.8 Å². The zero-order chi connectivity index (χ0) is 20.5. The Hall–Kier alpha value is -2.72. The third-order valence-electron chi connectivity index (χ3n) is 4.93. The van der Waals surface area contributed by atoms with E-state index in [0.717, 1.165) is 11.3 Å². The minimum absolute atomic E-state index is 0.0475. The van der Waals surface area contributed by atoms with E-state index in [-0.39, 0.29) is 17.0 Å². The number of nitrogens with two attached hydrogens (primary N) is 1. The van der Waals surface area contributed by atoms with Crippen LogP contribution in [-0.4, -0.2) is 24.6 Å². The molecule has 0 fully saturated rings. The topological polar surface area (TPSA) is 105 Å². The number of rotatable bonds is 5. The van der Waals surface area contributed by atoms with Gasteiger partial charge in [0, 0.05) is 17.7 Å². The number of thioether (sulfide) groups is 1. The van der Waals surface area contributed by atoms with Crippen LogP contribution >= 0.6 is 11.8 Å². The van der Waals surface area contributed by atoms with Gasteiger partial charge in [0.25, 0.3) is 0 Å². The standard InChI is InChI=1S/C21H23N3O3S/c1-21(2)8-15-19(16(25)9-21)18(12-4-6-13(27-3)7-5-12)14(10-22)20(24-15)28-11-17(23)26/h4-7,18,24H,8-9,11H2,1-3H3,(H2,23,26). The first-order valence-corrected chi connectivity index (χ1v) is 9.97. The van der Waals surface area contributed by atoms with E-state index < -0.39 is 11.8 Å². The summed E-state index contributed by atoms with van der Waals surface area (Å²) >= 11 is 1.20. The van der Waals surface area contributed by atoms with Gasteiger partial charge in [-0.2, -0.15) is 5.26 Å². The number of nitrogens with one attached hydrogen (secondary N) is 1. The van der Waals surface area contributed by atoms with Crippen LogP contribution in [0.15, 0.2) is 46.1 Å². The minimum atomic E-state index is -0.467. The highest BCUT2D eigenvalue weighted by Crippen LogP contribution is 2.47. The van der Waals surface area contributed by atoms with Crippen LogP contribution in [0, 0.1) is 16.7 Å². The summed E-state index contributed by atoms with van der Waals surface area (Å²) in [6, 6.07) is 9.65. The van der Waals surface area contributed by atoms with Crippen molar-refractivity contribution >= 4 is 23.5 Å². The van der Waals surface area contributed by atoms with E-state index in [9.17, 15) is 14.9 Å². The summed E-state index contributed by atoms with van der Waals surface area (Å²) in [4.78, 5) is 24.3. The van der Waals surface area contributed by atoms with E-state index >= 15 is 0 Å². The van der Waals surface area contributed by atoms with Crippen LogP contribution in [0.25, 0.3) is 0 Å². The van der Waals surface area contributed by atoms with Crippen LogP contribution in [0.2, 0.25) is 0 Å². The molecular weight excluding hydrogens is 374 g/mol. The van der Waals surface area contributed by atoms with Gasteiger partial charge in [-0.25, -0.2) is 0 Å². The molecule has 0 bridgehead atoms. The Labute approximate surface area is 168 Å². The molecule has 1 aliphatic carbocycles. The van der Waals surface area contributed by atoms with Crippen LogP contribution in [0.1, 0.15) is 38.2 Å². The highest BCUT2D eigenvalue weighted by molar-refractivity contribution is 8.03. The molecular formula is C21H23N3O3S. The number of hydrogen-bond donors (Lipinski definition) is 2. The van der Waals surface area contributed by atoms with Gasteiger partial charge in [0.15, 0.2) is 5.78 Å². The number of dihydropyridines is 1. The van der Waals surface area contributed by atoms with E-state index in [1.54, 1.807) is 7.11 Å². The summed E-state index contributed by atoms with van der Waals surface area (Å²) in [5, 5.41) is 13.8. The molecule has 0 saturated carbocycles. The monoisotopic (exact) mass is 397 g/mol.